The predicted octanol–water partition coefficient (Wildman–Crippen LogP) is 7.26. The number of unbranched alkanes of at least 4 members (excludes halogenated alkanes) is 1. The summed E-state index contributed by atoms with van der Waals surface area (Å²) < 4.78 is 0. The fraction of sp³-hybridized carbons (Fsp3) is 0.875. The minimum absolute atomic E-state index is 0.219. The predicted molar refractivity (Wildman–Crippen MR) is 198 cm³/mol. The van der Waals surface area contributed by atoms with Crippen molar-refractivity contribution in [3.63, 3.8) is 0 Å². The van der Waals surface area contributed by atoms with Crippen LogP contribution in [0.15, 0.2) is 23.8 Å². The van der Waals surface area contributed by atoms with Gasteiger partial charge < -0.3 is 32.0 Å². The van der Waals surface area contributed by atoms with Gasteiger partial charge >= 0.3 is 0 Å². The Morgan fingerprint density at radius 3 is 2.26 bits per heavy atom. The monoisotopic (exact) mass is 645 g/mol. The Morgan fingerprint density at radius 1 is 0.935 bits per heavy atom. The van der Waals surface area contributed by atoms with E-state index in [0.717, 1.165) is 73.9 Å². The van der Waals surface area contributed by atoms with Crippen molar-refractivity contribution in [2.24, 2.45) is 63.7 Å². The molecule has 0 amide bonds. The third kappa shape index (κ3) is 10.7. The first-order valence-electron chi connectivity index (χ1n) is 19.3. The largest absolute Gasteiger partial charge is 0.396 e. The smallest absolute Gasteiger partial charge is 0.106 e. The van der Waals surface area contributed by atoms with Gasteiger partial charge in [-0.1, -0.05) is 65.3 Å². The summed E-state index contributed by atoms with van der Waals surface area (Å²) >= 11 is 0. The Balaban J connectivity index is 0.000000959. The lowest BCUT2D eigenvalue weighted by atomic mass is 9.47. The molecule has 6 heteroatoms. The standard InChI is InChI=1S/C36H65N3.C3H9NO.CH2O/c1-7-28(26(2)3)12-11-27(4)32-15-16-33-31-14-13-29-25-30(39-24-9-8-22-38-23-10-21-37)17-19-35(29,5)34(31)18-20-36(32,33)6;4-2-1-3-5;1-2/h11-13,26-28,30-34,38-39H,7-10,14-25,37H2,1-6H3;5H,1-4H2;1H2/b12-11+;;/t27-,28?,30?,31?,32?,33?,34?,35?,36?;;/m1../s1. The zero-order chi connectivity index (χ0) is 34.2. The maximum atomic E-state index is 8.00. The van der Waals surface area contributed by atoms with Gasteiger partial charge in [-0.15, -0.1) is 0 Å². The Kier molecular flexibility index (Phi) is 18.9. The number of hydrogen-bond acceptors (Lipinski definition) is 6. The van der Waals surface area contributed by atoms with E-state index in [1.807, 2.05) is 12.4 Å². The van der Waals surface area contributed by atoms with Crippen molar-refractivity contribution >= 4 is 6.79 Å². The van der Waals surface area contributed by atoms with E-state index in [0.29, 0.717) is 23.4 Å². The topological polar surface area (TPSA) is 113 Å². The molecule has 0 spiro atoms. The van der Waals surface area contributed by atoms with Crippen LogP contribution in [0.5, 0.6) is 0 Å². The second-order valence-electron chi connectivity index (χ2n) is 15.9. The molecule has 0 aromatic carbocycles. The first-order valence-corrected chi connectivity index (χ1v) is 19.3. The van der Waals surface area contributed by atoms with Crippen LogP contribution in [0.25, 0.3) is 0 Å². The molecule has 4 aliphatic rings. The summed E-state index contributed by atoms with van der Waals surface area (Å²) in [6, 6.07) is 0.696. The van der Waals surface area contributed by atoms with Crippen molar-refractivity contribution in [2.45, 2.75) is 131 Å². The molecule has 0 bridgehead atoms. The van der Waals surface area contributed by atoms with Crippen LogP contribution >= 0.6 is 0 Å². The van der Waals surface area contributed by atoms with E-state index >= 15 is 0 Å². The molecule has 8 unspecified atom stereocenters. The van der Waals surface area contributed by atoms with Gasteiger partial charge in [-0.25, -0.2) is 0 Å². The van der Waals surface area contributed by atoms with Gasteiger partial charge in [0.15, 0.2) is 0 Å². The number of rotatable bonds is 16. The zero-order valence-corrected chi connectivity index (χ0v) is 31.0. The maximum Gasteiger partial charge on any atom is 0.106 e. The van der Waals surface area contributed by atoms with E-state index in [1.165, 1.54) is 77.2 Å². The molecule has 7 N–H and O–H groups in total. The molecule has 0 aromatic heterocycles. The summed E-state index contributed by atoms with van der Waals surface area (Å²) in [4.78, 5) is 8.00. The van der Waals surface area contributed by atoms with Crippen LogP contribution < -0.4 is 22.1 Å². The number of fused-ring (bicyclic) bond motifs is 5. The summed E-state index contributed by atoms with van der Waals surface area (Å²) in [7, 11) is 0. The SMILES string of the molecule is C=O.CCC(/C=C/[C@@H](C)C1CCC2C3CC=C4CC(NCCCCNCCCN)CCC4(C)C3CCC21C)C(C)C.NCCCO. The highest BCUT2D eigenvalue weighted by Crippen LogP contribution is 2.67. The lowest BCUT2D eigenvalue weighted by Crippen LogP contribution is -2.51. The zero-order valence-electron chi connectivity index (χ0n) is 31.0. The molecule has 0 aromatic rings. The van der Waals surface area contributed by atoms with E-state index in [1.54, 1.807) is 0 Å². The molecular formula is C40H76N4O2. The third-order valence-corrected chi connectivity index (χ3v) is 12.9. The van der Waals surface area contributed by atoms with E-state index in [4.69, 9.17) is 21.4 Å². The first-order chi connectivity index (χ1) is 22.2. The summed E-state index contributed by atoms with van der Waals surface area (Å²) in [5.74, 6) is 5.87. The molecular weight excluding hydrogens is 568 g/mol. The van der Waals surface area contributed by atoms with Crippen LogP contribution in [0, 0.1) is 52.3 Å². The van der Waals surface area contributed by atoms with Crippen molar-refractivity contribution in [3.05, 3.63) is 23.8 Å². The highest BCUT2D eigenvalue weighted by Gasteiger charge is 2.59. The van der Waals surface area contributed by atoms with Gasteiger partial charge in [0.25, 0.3) is 0 Å². The van der Waals surface area contributed by atoms with E-state index in [2.05, 4.69) is 70.4 Å². The molecule has 6 nitrogen and oxygen atoms in total. The molecule has 268 valence electrons. The highest BCUT2D eigenvalue weighted by molar-refractivity contribution is 5.26. The average molecular weight is 645 g/mol. The van der Waals surface area contributed by atoms with Gasteiger partial charge in [-0.2, -0.15) is 0 Å². The second kappa shape index (κ2) is 21.1. The van der Waals surface area contributed by atoms with Crippen LogP contribution in [0.2, 0.25) is 0 Å². The molecule has 0 aliphatic heterocycles. The van der Waals surface area contributed by atoms with Gasteiger partial charge in [0.2, 0.25) is 0 Å². The van der Waals surface area contributed by atoms with Crippen molar-refractivity contribution in [2.75, 3.05) is 39.3 Å². The van der Waals surface area contributed by atoms with Gasteiger partial charge in [0.05, 0.1) is 0 Å². The lowest BCUT2D eigenvalue weighted by molar-refractivity contribution is -0.0980. The molecule has 3 fully saturated rings. The van der Waals surface area contributed by atoms with Gasteiger partial charge in [-0.3, -0.25) is 0 Å². The molecule has 3 saturated carbocycles. The van der Waals surface area contributed by atoms with Crippen molar-refractivity contribution in [1.82, 2.24) is 10.6 Å². The Labute approximate surface area is 284 Å². The minimum Gasteiger partial charge on any atom is -0.396 e. The van der Waals surface area contributed by atoms with Crippen LogP contribution in [0.3, 0.4) is 0 Å². The van der Waals surface area contributed by atoms with Gasteiger partial charge in [0, 0.05) is 12.6 Å². The number of nitrogens with two attached hydrogens (primary N) is 2. The molecule has 46 heavy (non-hydrogen) atoms. The summed E-state index contributed by atoms with van der Waals surface area (Å²) in [6.45, 7) is 22.0. The number of nitrogens with one attached hydrogen (secondary N) is 2. The second-order valence-corrected chi connectivity index (χ2v) is 15.9. The van der Waals surface area contributed by atoms with Gasteiger partial charge in [0.1, 0.15) is 6.79 Å². The number of carbonyl (C=O) groups excluding carboxylic acids is 1. The van der Waals surface area contributed by atoms with Crippen LogP contribution in [0.1, 0.15) is 125 Å². The number of allylic oxidation sites excluding steroid dienone is 3. The van der Waals surface area contributed by atoms with E-state index in [-0.39, 0.29) is 6.61 Å². The van der Waals surface area contributed by atoms with Crippen LogP contribution in [0.4, 0.5) is 0 Å². The molecule has 4 rings (SSSR count). The number of aliphatic hydroxyl groups excluding tert-OH is 1. The summed E-state index contributed by atoms with van der Waals surface area (Å²) in [5, 5.41) is 15.4. The van der Waals surface area contributed by atoms with Crippen LogP contribution in [-0.4, -0.2) is 57.3 Å². The number of aliphatic hydroxyl groups is 1. The minimum atomic E-state index is 0.219. The Bertz CT molecular complexity index is 890. The third-order valence-electron chi connectivity index (χ3n) is 12.9. The number of carbonyl (C=O) groups is 1. The van der Waals surface area contributed by atoms with Crippen LogP contribution in [-0.2, 0) is 4.79 Å². The van der Waals surface area contributed by atoms with Gasteiger partial charge in [-0.05, 0) is 168 Å². The Hall–Kier alpha value is -1.05. The molecule has 0 heterocycles. The Morgan fingerprint density at radius 2 is 1.63 bits per heavy atom. The molecule has 0 saturated heterocycles. The quantitative estimate of drug-likeness (QED) is 0.0893. The summed E-state index contributed by atoms with van der Waals surface area (Å²) in [6.07, 6.45) is 24.9. The average Bonchev–Trinajstić information content (AvgIpc) is 3.41. The fourth-order valence-electron chi connectivity index (χ4n) is 10.1. The molecule has 9 atom stereocenters. The maximum absolute atomic E-state index is 8.00. The fourth-order valence-corrected chi connectivity index (χ4v) is 10.1. The van der Waals surface area contributed by atoms with Crippen molar-refractivity contribution in [1.29, 1.82) is 0 Å². The summed E-state index contributed by atoms with van der Waals surface area (Å²) in [5.41, 5.74) is 13.4. The van der Waals surface area contributed by atoms with E-state index < -0.39 is 0 Å². The molecule has 4 aliphatic carbocycles. The normalized spacial score (nSPS) is 33.1. The number of hydrogen-bond donors (Lipinski definition) is 5. The van der Waals surface area contributed by atoms with Crippen molar-refractivity contribution < 1.29 is 9.90 Å². The first kappa shape index (κ1) is 41.1. The lowest BCUT2D eigenvalue weighted by Gasteiger charge is -2.58. The highest BCUT2D eigenvalue weighted by atomic mass is 16.3. The molecule has 0 radical (unpaired) electrons. The van der Waals surface area contributed by atoms with E-state index in [9.17, 15) is 0 Å². The van der Waals surface area contributed by atoms with Crippen molar-refractivity contribution in [3.8, 4) is 0 Å².